The van der Waals surface area contributed by atoms with Crippen LogP contribution in [0.15, 0.2) is 42.6 Å². The predicted molar refractivity (Wildman–Crippen MR) is 64.7 cm³/mol. The van der Waals surface area contributed by atoms with Gasteiger partial charge >= 0.3 is 0 Å². The Balaban J connectivity index is 2.12. The van der Waals surface area contributed by atoms with E-state index in [-0.39, 0.29) is 0 Å². The zero-order valence-corrected chi connectivity index (χ0v) is 9.48. The lowest BCUT2D eigenvalue weighted by molar-refractivity contribution is 0.387. The van der Waals surface area contributed by atoms with Crippen LogP contribution in [0.1, 0.15) is 31.7 Å². The Labute approximate surface area is 92.2 Å². The highest BCUT2D eigenvalue weighted by atomic mass is 14.9. The molecule has 0 radical (unpaired) electrons. The molecule has 2 rings (SSSR count). The zero-order valence-electron chi connectivity index (χ0n) is 9.48. The SMILES string of the molecule is CC(C)C1CC(c2ccccc2)C=CN1. The quantitative estimate of drug-likeness (QED) is 0.774. The lowest BCUT2D eigenvalue weighted by Gasteiger charge is -2.29. The molecule has 1 heterocycles. The van der Waals surface area contributed by atoms with Gasteiger partial charge in [-0.05, 0) is 24.1 Å². The minimum Gasteiger partial charge on any atom is -0.388 e. The number of rotatable bonds is 2. The van der Waals surface area contributed by atoms with E-state index in [4.69, 9.17) is 0 Å². The van der Waals surface area contributed by atoms with Gasteiger partial charge in [-0.25, -0.2) is 0 Å². The highest BCUT2D eigenvalue weighted by Crippen LogP contribution is 2.27. The van der Waals surface area contributed by atoms with Gasteiger partial charge in [0.2, 0.25) is 0 Å². The Bertz CT molecular complexity index is 326. The van der Waals surface area contributed by atoms with Crippen molar-refractivity contribution >= 4 is 0 Å². The lowest BCUT2D eigenvalue weighted by Crippen LogP contribution is -2.34. The van der Waals surface area contributed by atoms with E-state index in [9.17, 15) is 0 Å². The third-order valence-corrected chi connectivity index (χ3v) is 3.18. The molecule has 0 aliphatic carbocycles. The molecule has 1 aromatic rings. The molecule has 2 unspecified atom stereocenters. The van der Waals surface area contributed by atoms with Gasteiger partial charge in [-0.2, -0.15) is 0 Å². The fourth-order valence-corrected chi connectivity index (χ4v) is 2.13. The summed E-state index contributed by atoms with van der Waals surface area (Å²) in [4.78, 5) is 0. The second kappa shape index (κ2) is 4.52. The van der Waals surface area contributed by atoms with E-state index >= 15 is 0 Å². The Hall–Kier alpha value is -1.24. The molecule has 0 amide bonds. The van der Waals surface area contributed by atoms with Gasteiger partial charge in [0.05, 0.1) is 0 Å². The molecule has 1 N–H and O–H groups in total. The van der Waals surface area contributed by atoms with Crippen LogP contribution in [0.5, 0.6) is 0 Å². The second-order valence-electron chi connectivity index (χ2n) is 4.63. The molecule has 1 heteroatoms. The fourth-order valence-electron chi connectivity index (χ4n) is 2.13. The molecule has 1 nitrogen and oxygen atoms in total. The van der Waals surface area contributed by atoms with E-state index in [1.165, 1.54) is 12.0 Å². The van der Waals surface area contributed by atoms with E-state index in [0.29, 0.717) is 17.9 Å². The monoisotopic (exact) mass is 201 g/mol. The van der Waals surface area contributed by atoms with Gasteiger partial charge in [0.15, 0.2) is 0 Å². The van der Waals surface area contributed by atoms with Gasteiger partial charge in [0.1, 0.15) is 0 Å². The summed E-state index contributed by atoms with van der Waals surface area (Å²) in [5.41, 5.74) is 1.43. The van der Waals surface area contributed by atoms with E-state index in [1.54, 1.807) is 0 Å². The molecule has 0 spiro atoms. The van der Waals surface area contributed by atoms with Crippen LogP contribution in [0.4, 0.5) is 0 Å². The molecule has 1 aliphatic rings. The molecule has 0 saturated carbocycles. The van der Waals surface area contributed by atoms with Gasteiger partial charge in [-0.15, -0.1) is 0 Å². The molecule has 0 saturated heterocycles. The standard InChI is InChI=1S/C14H19N/c1-11(2)14-10-13(8-9-15-14)12-6-4-3-5-7-12/h3-9,11,13-15H,10H2,1-2H3. The molecule has 2 atom stereocenters. The molecule has 15 heavy (non-hydrogen) atoms. The fraction of sp³-hybridized carbons (Fsp3) is 0.429. The van der Waals surface area contributed by atoms with Crippen LogP contribution in [0.2, 0.25) is 0 Å². The molecule has 1 aliphatic heterocycles. The van der Waals surface area contributed by atoms with Crippen molar-refractivity contribution in [1.29, 1.82) is 0 Å². The van der Waals surface area contributed by atoms with Crippen LogP contribution >= 0.6 is 0 Å². The summed E-state index contributed by atoms with van der Waals surface area (Å²) in [5, 5.41) is 3.44. The third-order valence-electron chi connectivity index (χ3n) is 3.18. The van der Waals surface area contributed by atoms with Crippen LogP contribution in [0, 0.1) is 5.92 Å². The molecular weight excluding hydrogens is 182 g/mol. The number of allylic oxidation sites excluding steroid dienone is 1. The molecule has 0 fully saturated rings. The predicted octanol–water partition coefficient (Wildman–Crippen LogP) is 3.30. The summed E-state index contributed by atoms with van der Waals surface area (Å²) in [6.45, 7) is 4.55. The summed E-state index contributed by atoms with van der Waals surface area (Å²) < 4.78 is 0. The van der Waals surface area contributed by atoms with Crippen molar-refractivity contribution in [3.63, 3.8) is 0 Å². The normalized spacial score (nSPS) is 25.3. The van der Waals surface area contributed by atoms with Crippen LogP contribution in [0.25, 0.3) is 0 Å². The maximum Gasteiger partial charge on any atom is 0.0287 e. The van der Waals surface area contributed by atoms with Crippen molar-refractivity contribution < 1.29 is 0 Å². The summed E-state index contributed by atoms with van der Waals surface area (Å²) >= 11 is 0. The Morgan fingerprint density at radius 3 is 2.60 bits per heavy atom. The molecule has 1 aromatic carbocycles. The average molecular weight is 201 g/mol. The van der Waals surface area contributed by atoms with Crippen LogP contribution in [0.3, 0.4) is 0 Å². The smallest absolute Gasteiger partial charge is 0.0287 e. The minimum absolute atomic E-state index is 0.583. The average Bonchev–Trinajstić information content (AvgIpc) is 2.30. The Morgan fingerprint density at radius 1 is 1.20 bits per heavy atom. The minimum atomic E-state index is 0.583. The van der Waals surface area contributed by atoms with Gasteiger partial charge in [-0.1, -0.05) is 50.3 Å². The first-order chi connectivity index (χ1) is 7.27. The first kappa shape index (κ1) is 10.3. The summed E-state index contributed by atoms with van der Waals surface area (Å²) in [6.07, 6.45) is 5.60. The highest BCUT2D eigenvalue weighted by Gasteiger charge is 2.20. The summed E-state index contributed by atoms with van der Waals surface area (Å²) in [5.74, 6) is 1.28. The maximum atomic E-state index is 3.44. The van der Waals surface area contributed by atoms with E-state index in [1.807, 2.05) is 0 Å². The van der Waals surface area contributed by atoms with E-state index in [2.05, 4.69) is 61.8 Å². The first-order valence-corrected chi connectivity index (χ1v) is 5.75. The van der Waals surface area contributed by atoms with E-state index in [0.717, 1.165) is 0 Å². The second-order valence-corrected chi connectivity index (χ2v) is 4.63. The topological polar surface area (TPSA) is 12.0 Å². The molecule has 0 aromatic heterocycles. The van der Waals surface area contributed by atoms with Gasteiger partial charge in [0.25, 0.3) is 0 Å². The van der Waals surface area contributed by atoms with Gasteiger partial charge in [0, 0.05) is 12.0 Å². The van der Waals surface area contributed by atoms with Crippen LogP contribution < -0.4 is 5.32 Å². The Morgan fingerprint density at radius 2 is 1.93 bits per heavy atom. The summed E-state index contributed by atoms with van der Waals surface area (Å²) in [6, 6.07) is 11.4. The number of nitrogens with one attached hydrogen (secondary N) is 1. The van der Waals surface area contributed by atoms with Crippen molar-refractivity contribution in [3.8, 4) is 0 Å². The largest absolute Gasteiger partial charge is 0.388 e. The molecule has 0 bridgehead atoms. The van der Waals surface area contributed by atoms with Crippen LogP contribution in [-0.4, -0.2) is 6.04 Å². The Kier molecular flexibility index (Phi) is 3.10. The van der Waals surface area contributed by atoms with Crippen molar-refractivity contribution in [2.24, 2.45) is 5.92 Å². The summed E-state index contributed by atoms with van der Waals surface area (Å²) in [7, 11) is 0. The van der Waals surface area contributed by atoms with Crippen molar-refractivity contribution in [2.45, 2.75) is 32.2 Å². The zero-order chi connectivity index (χ0) is 10.7. The maximum absolute atomic E-state index is 3.44. The molecular formula is C14H19N. The number of hydrogen-bond acceptors (Lipinski definition) is 1. The van der Waals surface area contributed by atoms with Crippen molar-refractivity contribution in [1.82, 2.24) is 5.32 Å². The number of hydrogen-bond donors (Lipinski definition) is 1. The van der Waals surface area contributed by atoms with Crippen LogP contribution in [-0.2, 0) is 0 Å². The molecule has 80 valence electrons. The van der Waals surface area contributed by atoms with Crippen molar-refractivity contribution in [2.75, 3.05) is 0 Å². The first-order valence-electron chi connectivity index (χ1n) is 5.75. The highest BCUT2D eigenvalue weighted by molar-refractivity contribution is 5.25. The van der Waals surface area contributed by atoms with E-state index < -0.39 is 0 Å². The number of benzene rings is 1. The van der Waals surface area contributed by atoms with Gasteiger partial charge < -0.3 is 5.32 Å². The third kappa shape index (κ3) is 2.41. The van der Waals surface area contributed by atoms with Crippen molar-refractivity contribution in [3.05, 3.63) is 48.2 Å². The van der Waals surface area contributed by atoms with Gasteiger partial charge in [-0.3, -0.25) is 0 Å². The lowest BCUT2D eigenvalue weighted by atomic mass is 9.86.